The van der Waals surface area contributed by atoms with Crippen LogP contribution in [0.5, 0.6) is 0 Å². The van der Waals surface area contributed by atoms with Crippen molar-refractivity contribution in [3.8, 4) is 0 Å². The van der Waals surface area contributed by atoms with E-state index >= 15 is 0 Å². The van der Waals surface area contributed by atoms with Crippen LogP contribution in [0.4, 0.5) is 0 Å². The van der Waals surface area contributed by atoms with E-state index in [4.69, 9.17) is 0 Å². The molecule has 1 aliphatic heterocycles. The molecule has 1 aromatic carbocycles. The van der Waals surface area contributed by atoms with Crippen LogP contribution in [-0.2, 0) is 0 Å². The highest BCUT2D eigenvalue weighted by molar-refractivity contribution is 5.48. The Morgan fingerprint density at radius 3 is 2.93 bits per heavy atom. The maximum absolute atomic E-state index is 4.39. The number of piperazine rings is 1. The molecule has 1 fully saturated rings. The van der Waals surface area contributed by atoms with Gasteiger partial charge in [0.05, 0.1) is 0 Å². The molecule has 1 radical (unpaired) electrons. The Morgan fingerprint density at radius 2 is 2.20 bits per heavy atom. The van der Waals surface area contributed by atoms with E-state index in [0.29, 0.717) is 6.04 Å². The molecule has 0 amide bonds. The maximum atomic E-state index is 4.39. The lowest BCUT2D eigenvalue weighted by molar-refractivity contribution is 0.415. The highest BCUT2D eigenvalue weighted by Crippen LogP contribution is 2.03. The van der Waals surface area contributed by atoms with Gasteiger partial charge in [0.15, 0.2) is 0 Å². The van der Waals surface area contributed by atoms with Gasteiger partial charge < -0.3 is 5.32 Å². The number of hydrogen-bond acceptors (Lipinski definition) is 1. The summed E-state index contributed by atoms with van der Waals surface area (Å²) in [6.45, 7) is 2.96. The Hall–Kier alpha value is -1.12. The third-order valence-electron chi connectivity index (χ3n) is 2.58. The fourth-order valence-corrected chi connectivity index (χ4v) is 1.75. The van der Waals surface area contributed by atoms with Gasteiger partial charge in [-0.1, -0.05) is 42.5 Å². The van der Waals surface area contributed by atoms with Crippen molar-refractivity contribution in [2.45, 2.75) is 12.5 Å². The first kappa shape index (κ1) is 10.4. The average molecular weight is 201 g/mol. The summed E-state index contributed by atoms with van der Waals surface area (Å²) in [6, 6.07) is 10.9. The van der Waals surface area contributed by atoms with Gasteiger partial charge in [-0.05, 0) is 12.0 Å². The smallest absolute Gasteiger partial charge is 0.0291 e. The van der Waals surface area contributed by atoms with Gasteiger partial charge in [-0.3, -0.25) is 0 Å². The first-order valence-electron chi connectivity index (χ1n) is 5.53. The molecule has 0 saturated carbocycles. The highest BCUT2D eigenvalue weighted by atomic mass is 15.0. The molecule has 1 aromatic rings. The van der Waals surface area contributed by atoms with Crippen LogP contribution >= 0.6 is 0 Å². The Labute approximate surface area is 91.4 Å². The summed E-state index contributed by atoms with van der Waals surface area (Å²) in [4.78, 5) is 0. The molecule has 0 spiro atoms. The SMILES string of the molecule is C(=C\c1ccccc1)/CC1C[N]CCN1. The molecule has 2 rings (SSSR count). The number of benzene rings is 1. The van der Waals surface area contributed by atoms with Crippen LogP contribution in [-0.4, -0.2) is 25.7 Å². The minimum absolute atomic E-state index is 0.540. The first-order chi connectivity index (χ1) is 7.45. The van der Waals surface area contributed by atoms with Crippen LogP contribution in [0, 0.1) is 0 Å². The van der Waals surface area contributed by atoms with Crippen molar-refractivity contribution in [2.24, 2.45) is 0 Å². The zero-order valence-corrected chi connectivity index (χ0v) is 8.89. The summed E-state index contributed by atoms with van der Waals surface area (Å²) < 4.78 is 0. The van der Waals surface area contributed by atoms with Gasteiger partial charge in [0.25, 0.3) is 0 Å². The lowest BCUT2D eigenvalue weighted by Gasteiger charge is -2.21. The van der Waals surface area contributed by atoms with Crippen LogP contribution in [0.1, 0.15) is 12.0 Å². The molecule has 1 atom stereocenters. The van der Waals surface area contributed by atoms with E-state index in [2.05, 4.69) is 47.1 Å². The summed E-state index contributed by atoms with van der Waals surface area (Å²) in [5.41, 5.74) is 1.27. The van der Waals surface area contributed by atoms with Crippen LogP contribution in [0.15, 0.2) is 36.4 Å². The fraction of sp³-hybridized carbons (Fsp3) is 0.385. The van der Waals surface area contributed by atoms with Crippen LogP contribution in [0.3, 0.4) is 0 Å². The van der Waals surface area contributed by atoms with Gasteiger partial charge in [0, 0.05) is 25.7 Å². The molecule has 0 aromatic heterocycles. The Bertz CT molecular complexity index is 300. The van der Waals surface area contributed by atoms with E-state index in [-0.39, 0.29) is 0 Å². The zero-order valence-electron chi connectivity index (χ0n) is 8.89. The standard InChI is InChI=1S/C13H17N2/c1-2-5-12(6-3-1)7-4-8-13-11-14-9-10-15-13/h1-7,13,15H,8-11H2/b7-4+. The quantitative estimate of drug-likeness (QED) is 0.791. The molecule has 1 unspecified atom stereocenters. The molecule has 2 nitrogen and oxygen atoms in total. The summed E-state index contributed by atoms with van der Waals surface area (Å²) in [5.74, 6) is 0. The molecule has 0 aliphatic carbocycles. The fourth-order valence-electron chi connectivity index (χ4n) is 1.75. The van der Waals surface area contributed by atoms with E-state index in [1.807, 2.05) is 6.07 Å². The Balaban J connectivity index is 1.79. The zero-order chi connectivity index (χ0) is 10.3. The number of nitrogens with one attached hydrogen (secondary N) is 1. The number of rotatable bonds is 3. The second kappa shape index (κ2) is 5.69. The van der Waals surface area contributed by atoms with E-state index < -0.39 is 0 Å². The monoisotopic (exact) mass is 201 g/mol. The van der Waals surface area contributed by atoms with Crippen molar-refractivity contribution in [1.82, 2.24) is 10.6 Å². The highest BCUT2D eigenvalue weighted by Gasteiger charge is 2.10. The van der Waals surface area contributed by atoms with E-state index in [1.54, 1.807) is 0 Å². The number of hydrogen-bond donors (Lipinski definition) is 1. The molecule has 79 valence electrons. The normalized spacial score (nSPS) is 22.0. The molecule has 0 bridgehead atoms. The van der Waals surface area contributed by atoms with Gasteiger partial charge in [-0.15, -0.1) is 0 Å². The van der Waals surface area contributed by atoms with Gasteiger partial charge in [0.1, 0.15) is 0 Å². The molecular weight excluding hydrogens is 184 g/mol. The average Bonchev–Trinajstić information content (AvgIpc) is 2.32. The van der Waals surface area contributed by atoms with Gasteiger partial charge in [-0.2, -0.15) is 0 Å². The predicted molar refractivity (Wildman–Crippen MR) is 63.8 cm³/mol. The lowest BCUT2D eigenvalue weighted by Crippen LogP contribution is -2.44. The Kier molecular flexibility index (Phi) is 3.94. The largest absolute Gasteiger partial charge is 0.311 e. The van der Waals surface area contributed by atoms with E-state index in [0.717, 1.165) is 26.1 Å². The van der Waals surface area contributed by atoms with Crippen molar-refractivity contribution < 1.29 is 0 Å². The molecule has 15 heavy (non-hydrogen) atoms. The summed E-state index contributed by atoms with van der Waals surface area (Å²) in [6.07, 6.45) is 5.47. The van der Waals surface area contributed by atoms with Gasteiger partial charge >= 0.3 is 0 Å². The van der Waals surface area contributed by atoms with Gasteiger partial charge in [-0.25, -0.2) is 5.32 Å². The molecule has 1 saturated heterocycles. The van der Waals surface area contributed by atoms with Crippen LogP contribution in [0.25, 0.3) is 6.08 Å². The summed E-state index contributed by atoms with van der Waals surface area (Å²) in [5, 5.41) is 7.85. The van der Waals surface area contributed by atoms with Gasteiger partial charge in [0.2, 0.25) is 0 Å². The predicted octanol–water partition coefficient (Wildman–Crippen LogP) is 1.67. The molecule has 1 aliphatic rings. The molecular formula is C13H17N2. The molecule has 2 heteroatoms. The molecule has 1 N–H and O–H groups in total. The van der Waals surface area contributed by atoms with E-state index in [1.165, 1.54) is 5.56 Å². The second-order valence-electron chi connectivity index (χ2n) is 3.83. The first-order valence-corrected chi connectivity index (χ1v) is 5.53. The third kappa shape index (κ3) is 3.50. The third-order valence-corrected chi connectivity index (χ3v) is 2.58. The van der Waals surface area contributed by atoms with Crippen molar-refractivity contribution in [3.63, 3.8) is 0 Å². The summed E-state index contributed by atoms with van der Waals surface area (Å²) >= 11 is 0. The number of nitrogens with zero attached hydrogens (tertiary/aromatic N) is 1. The van der Waals surface area contributed by atoms with Crippen molar-refractivity contribution in [2.75, 3.05) is 19.6 Å². The lowest BCUT2D eigenvalue weighted by atomic mass is 10.1. The van der Waals surface area contributed by atoms with Crippen molar-refractivity contribution in [3.05, 3.63) is 42.0 Å². The van der Waals surface area contributed by atoms with Crippen molar-refractivity contribution in [1.29, 1.82) is 0 Å². The van der Waals surface area contributed by atoms with E-state index in [9.17, 15) is 0 Å². The topological polar surface area (TPSA) is 26.1 Å². The van der Waals surface area contributed by atoms with Crippen molar-refractivity contribution >= 4 is 6.08 Å². The van der Waals surface area contributed by atoms with Crippen LogP contribution < -0.4 is 10.6 Å². The summed E-state index contributed by atoms with van der Waals surface area (Å²) in [7, 11) is 0. The minimum Gasteiger partial charge on any atom is -0.311 e. The van der Waals surface area contributed by atoms with Crippen LogP contribution in [0.2, 0.25) is 0 Å². The molecule has 1 heterocycles. The maximum Gasteiger partial charge on any atom is 0.0291 e. The Morgan fingerprint density at radius 1 is 1.33 bits per heavy atom. The second-order valence-corrected chi connectivity index (χ2v) is 3.83. The minimum atomic E-state index is 0.540.